The lowest BCUT2D eigenvalue weighted by atomic mass is 9.92. The predicted octanol–water partition coefficient (Wildman–Crippen LogP) is 5.24. The van der Waals surface area contributed by atoms with E-state index in [0.717, 1.165) is 5.69 Å². The van der Waals surface area contributed by atoms with Gasteiger partial charge in [-0.3, -0.25) is 14.8 Å². The number of ether oxygens (including phenoxy) is 1. The standard InChI is InChI=1S/C22H27Cl3FN5O3/c1-21(2,3)17-12-18(30(4)29-17)28-20(33)27-14-9-13(26)10-16(11-14)34-15-5-7-31(8-6-15)19(32)22(23,24)25/h9-12,15H,5-8H2,1-4H3,(H2,27,28,33). The second kappa shape index (κ2) is 10.2. The van der Waals surface area contributed by atoms with Crippen molar-refractivity contribution in [3.05, 3.63) is 35.8 Å². The normalized spacial score (nSPS) is 15.2. The number of anilines is 2. The van der Waals surface area contributed by atoms with Crippen molar-refractivity contribution in [3.63, 3.8) is 0 Å². The summed E-state index contributed by atoms with van der Waals surface area (Å²) in [6, 6.07) is 5.21. The highest BCUT2D eigenvalue weighted by atomic mass is 35.6. The Bertz CT molecular complexity index is 1060. The summed E-state index contributed by atoms with van der Waals surface area (Å²) in [5, 5.41) is 9.74. The van der Waals surface area contributed by atoms with Crippen LogP contribution in [-0.4, -0.2) is 49.6 Å². The van der Waals surface area contributed by atoms with E-state index in [2.05, 4.69) is 15.7 Å². The van der Waals surface area contributed by atoms with Crippen molar-refractivity contribution in [2.24, 2.45) is 7.05 Å². The van der Waals surface area contributed by atoms with Gasteiger partial charge >= 0.3 is 6.03 Å². The van der Waals surface area contributed by atoms with E-state index in [0.29, 0.717) is 31.7 Å². The molecule has 0 atom stereocenters. The Morgan fingerprint density at radius 3 is 2.29 bits per heavy atom. The van der Waals surface area contributed by atoms with E-state index in [1.165, 1.54) is 23.1 Å². The molecule has 2 heterocycles. The first kappa shape index (κ1) is 26.4. The summed E-state index contributed by atoms with van der Waals surface area (Å²) in [4.78, 5) is 26.0. The van der Waals surface area contributed by atoms with E-state index in [-0.39, 0.29) is 23.0 Å². The Kier molecular flexibility index (Phi) is 7.89. The predicted molar refractivity (Wildman–Crippen MR) is 131 cm³/mol. The summed E-state index contributed by atoms with van der Waals surface area (Å²) in [6.45, 7) is 6.77. The topological polar surface area (TPSA) is 88.5 Å². The quantitative estimate of drug-likeness (QED) is 0.525. The van der Waals surface area contributed by atoms with Gasteiger partial charge in [0, 0.05) is 62.3 Å². The fraction of sp³-hybridized carbons (Fsp3) is 0.500. The Balaban J connectivity index is 1.60. The average molecular weight is 535 g/mol. The summed E-state index contributed by atoms with van der Waals surface area (Å²) >= 11 is 17.0. The second-order valence-corrected chi connectivity index (χ2v) is 11.4. The largest absolute Gasteiger partial charge is 0.490 e. The number of hydrogen-bond donors (Lipinski definition) is 2. The molecule has 2 aromatic rings. The maximum Gasteiger partial charge on any atom is 0.324 e. The highest BCUT2D eigenvalue weighted by molar-refractivity contribution is 6.76. The maximum absolute atomic E-state index is 14.2. The number of likely N-dealkylation sites (tertiary alicyclic amines) is 1. The molecule has 8 nitrogen and oxygen atoms in total. The maximum atomic E-state index is 14.2. The molecule has 186 valence electrons. The molecule has 1 aromatic heterocycles. The third-order valence-corrected chi connectivity index (χ3v) is 5.78. The molecule has 1 aromatic carbocycles. The van der Waals surface area contributed by atoms with Crippen molar-refractivity contribution in [3.8, 4) is 5.75 Å². The van der Waals surface area contributed by atoms with Crippen LogP contribution in [-0.2, 0) is 17.3 Å². The van der Waals surface area contributed by atoms with Crippen LogP contribution >= 0.6 is 34.8 Å². The zero-order valence-corrected chi connectivity index (χ0v) is 21.6. The molecule has 2 N–H and O–H groups in total. The zero-order chi connectivity index (χ0) is 25.3. The van der Waals surface area contributed by atoms with Gasteiger partial charge < -0.3 is 15.0 Å². The summed E-state index contributed by atoms with van der Waals surface area (Å²) in [5.41, 5.74) is 0.885. The number of benzene rings is 1. The number of rotatable bonds is 4. The minimum atomic E-state index is -2.00. The monoisotopic (exact) mass is 533 g/mol. The van der Waals surface area contributed by atoms with Crippen molar-refractivity contribution >= 4 is 58.2 Å². The summed E-state index contributed by atoms with van der Waals surface area (Å²) in [7, 11) is 1.73. The van der Waals surface area contributed by atoms with Crippen molar-refractivity contribution < 1.29 is 18.7 Å². The van der Waals surface area contributed by atoms with Gasteiger partial charge in [-0.15, -0.1) is 0 Å². The van der Waals surface area contributed by atoms with Gasteiger partial charge in [-0.2, -0.15) is 5.10 Å². The van der Waals surface area contributed by atoms with Gasteiger partial charge in [0.1, 0.15) is 23.5 Å². The number of carbonyl (C=O) groups excluding carboxylic acids is 2. The Morgan fingerprint density at radius 2 is 1.74 bits per heavy atom. The van der Waals surface area contributed by atoms with Gasteiger partial charge in [-0.05, 0) is 6.07 Å². The van der Waals surface area contributed by atoms with Crippen LogP contribution in [0.15, 0.2) is 24.3 Å². The molecule has 0 spiro atoms. The Morgan fingerprint density at radius 1 is 1.09 bits per heavy atom. The molecule has 0 unspecified atom stereocenters. The van der Waals surface area contributed by atoms with E-state index in [1.54, 1.807) is 17.8 Å². The second-order valence-electron chi connectivity index (χ2n) is 9.15. The zero-order valence-electron chi connectivity index (χ0n) is 19.3. The minimum Gasteiger partial charge on any atom is -0.490 e. The number of amides is 3. The van der Waals surface area contributed by atoms with Crippen molar-refractivity contribution in [2.75, 3.05) is 23.7 Å². The van der Waals surface area contributed by atoms with Gasteiger partial charge in [0.05, 0.1) is 5.69 Å². The fourth-order valence-electron chi connectivity index (χ4n) is 3.48. The molecular formula is C22H27Cl3FN5O3. The third kappa shape index (κ3) is 6.90. The van der Waals surface area contributed by atoms with Crippen LogP contribution in [0.2, 0.25) is 0 Å². The smallest absolute Gasteiger partial charge is 0.324 e. The SMILES string of the molecule is Cn1nc(C(C)(C)C)cc1NC(=O)Nc1cc(F)cc(OC2CCN(C(=O)C(Cl)(Cl)Cl)CC2)c1. The van der Waals surface area contributed by atoms with Crippen LogP contribution in [0.1, 0.15) is 39.3 Å². The van der Waals surface area contributed by atoms with Crippen LogP contribution in [0.3, 0.4) is 0 Å². The summed E-state index contributed by atoms with van der Waals surface area (Å²) in [6.07, 6.45) is 0.722. The lowest BCUT2D eigenvalue weighted by Crippen LogP contribution is -2.46. The van der Waals surface area contributed by atoms with Crippen LogP contribution in [0.5, 0.6) is 5.75 Å². The van der Waals surface area contributed by atoms with Crippen LogP contribution in [0.25, 0.3) is 0 Å². The number of piperidine rings is 1. The van der Waals surface area contributed by atoms with Crippen molar-refractivity contribution in [1.29, 1.82) is 0 Å². The molecule has 1 aliphatic heterocycles. The average Bonchev–Trinajstić information content (AvgIpc) is 3.07. The first-order chi connectivity index (χ1) is 15.7. The van der Waals surface area contributed by atoms with Gasteiger partial charge in [0.15, 0.2) is 0 Å². The van der Waals surface area contributed by atoms with E-state index in [9.17, 15) is 14.0 Å². The molecule has 0 aliphatic carbocycles. The Labute approximate surface area is 212 Å². The number of carbonyl (C=O) groups is 2. The molecule has 3 amide bonds. The number of hydrogen-bond acceptors (Lipinski definition) is 4. The number of halogens is 4. The van der Waals surface area contributed by atoms with E-state index in [1.807, 2.05) is 20.8 Å². The summed E-state index contributed by atoms with van der Waals surface area (Å²) in [5.74, 6) is -0.377. The highest BCUT2D eigenvalue weighted by Gasteiger charge is 2.37. The van der Waals surface area contributed by atoms with E-state index >= 15 is 0 Å². The molecule has 1 aliphatic rings. The first-order valence-corrected chi connectivity index (χ1v) is 11.8. The molecule has 1 fully saturated rings. The number of aryl methyl sites for hydroxylation is 1. The van der Waals surface area contributed by atoms with E-state index in [4.69, 9.17) is 39.5 Å². The lowest BCUT2D eigenvalue weighted by Gasteiger charge is -2.33. The van der Waals surface area contributed by atoms with Gasteiger partial charge in [-0.1, -0.05) is 55.6 Å². The minimum absolute atomic E-state index is 0.173. The van der Waals surface area contributed by atoms with Gasteiger partial charge in [0.2, 0.25) is 0 Å². The van der Waals surface area contributed by atoms with Crippen LogP contribution < -0.4 is 15.4 Å². The molecule has 0 radical (unpaired) electrons. The molecule has 0 saturated carbocycles. The molecule has 34 heavy (non-hydrogen) atoms. The van der Waals surface area contributed by atoms with Gasteiger partial charge in [0.25, 0.3) is 9.70 Å². The van der Waals surface area contributed by atoms with Crippen LogP contribution in [0, 0.1) is 5.82 Å². The highest BCUT2D eigenvalue weighted by Crippen LogP contribution is 2.31. The molecule has 12 heteroatoms. The number of aromatic nitrogens is 2. The number of nitrogens with zero attached hydrogens (tertiary/aromatic N) is 3. The van der Waals surface area contributed by atoms with Crippen LogP contribution in [0.4, 0.5) is 20.7 Å². The number of alkyl halides is 3. The molecular weight excluding hydrogens is 508 g/mol. The lowest BCUT2D eigenvalue weighted by molar-refractivity contribution is -0.132. The van der Waals surface area contributed by atoms with Crippen molar-refractivity contribution in [1.82, 2.24) is 14.7 Å². The molecule has 0 bridgehead atoms. The Hall–Kier alpha value is -2.23. The molecule has 3 rings (SSSR count). The number of nitrogens with one attached hydrogen (secondary N) is 2. The van der Waals surface area contributed by atoms with Gasteiger partial charge in [-0.25, -0.2) is 9.18 Å². The van der Waals surface area contributed by atoms with Crippen molar-refractivity contribution in [2.45, 2.75) is 48.9 Å². The third-order valence-electron chi connectivity index (χ3n) is 5.29. The number of urea groups is 1. The summed E-state index contributed by atoms with van der Waals surface area (Å²) < 4.78 is 19.7. The first-order valence-electron chi connectivity index (χ1n) is 10.7. The molecule has 1 saturated heterocycles. The fourth-order valence-corrected chi connectivity index (χ4v) is 3.84. The van der Waals surface area contributed by atoms with E-state index < -0.39 is 21.5 Å².